The molecule has 3 aliphatic rings. The van der Waals surface area contributed by atoms with Crippen LogP contribution in [0.2, 0.25) is 0 Å². The van der Waals surface area contributed by atoms with E-state index in [-0.39, 0.29) is 18.4 Å². The van der Waals surface area contributed by atoms with Crippen LogP contribution in [0.15, 0.2) is 0 Å². The topological polar surface area (TPSA) is 78.9 Å². The average Bonchev–Trinajstić information content (AvgIpc) is 2.87. The number of fused-ring (bicyclic) bond motifs is 1. The number of carbonyl (C=O) groups excluding carboxylic acids is 1. The van der Waals surface area contributed by atoms with Gasteiger partial charge in [0.1, 0.15) is 5.41 Å². The van der Waals surface area contributed by atoms with Crippen LogP contribution in [-0.2, 0) is 14.3 Å². The molecule has 0 unspecified atom stereocenters. The number of likely N-dealkylation sites (tertiary alicyclic amines) is 1. The lowest BCUT2D eigenvalue weighted by molar-refractivity contribution is -0.160. The third-order valence-corrected chi connectivity index (χ3v) is 5.50. The molecule has 2 atom stereocenters. The Balaban J connectivity index is 1.55. The Morgan fingerprint density at radius 3 is 2.68 bits per heavy atom. The van der Waals surface area contributed by atoms with Gasteiger partial charge < -0.3 is 15.2 Å². The van der Waals surface area contributed by atoms with Crippen molar-refractivity contribution in [2.24, 2.45) is 11.3 Å². The maximum atomic E-state index is 12.2. The van der Waals surface area contributed by atoms with E-state index in [4.69, 9.17) is 4.74 Å². The highest BCUT2D eigenvalue weighted by Crippen LogP contribution is 2.41. The van der Waals surface area contributed by atoms with E-state index in [2.05, 4.69) is 5.32 Å². The van der Waals surface area contributed by atoms with E-state index < -0.39 is 11.4 Å². The largest absolute Gasteiger partial charge is 0.481 e. The van der Waals surface area contributed by atoms with Crippen LogP contribution in [0.5, 0.6) is 0 Å². The number of hydrogen-bond acceptors (Lipinski definition) is 4. The number of aliphatic carboxylic acids is 1. The zero-order valence-corrected chi connectivity index (χ0v) is 13.1. The second-order valence-corrected chi connectivity index (χ2v) is 7.07. The van der Waals surface area contributed by atoms with Gasteiger partial charge in [0.2, 0.25) is 5.91 Å². The van der Waals surface area contributed by atoms with Crippen molar-refractivity contribution in [2.75, 3.05) is 32.8 Å². The van der Waals surface area contributed by atoms with E-state index in [0.29, 0.717) is 32.3 Å². The lowest BCUT2D eigenvalue weighted by Gasteiger charge is -2.34. The van der Waals surface area contributed by atoms with Gasteiger partial charge in [0.15, 0.2) is 0 Å². The van der Waals surface area contributed by atoms with Gasteiger partial charge in [0.25, 0.3) is 0 Å². The second-order valence-electron chi connectivity index (χ2n) is 7.07. The van der Waals surface area contributed by atoms with Crippen molar-refractivity contribution < 1.29 is 19.4 Å². The minimum absolute atomic E-state index is 0.0343. The highest BCUT2D eigenvalue weighted by atomic mass is 16.5. The Morgan fingerprint density at radius 2 is 2.00 bits per heavy atom. The third kappa shape index (κ3) is 3.13. The number of amides is 1. The van der Waals surface area contributed by atoms with Crippen molar-refractivity contribution in [1.82, 2.24) is 10.2 Å². The molecule has 124 valence electrons. The SMILES string of the molecule is O=C(CN1C[C@@H]2CCOC[C@]2(C(=O)O)C1)NC1CCCCC1. The molecule has 1 amide bonds. The van der Waals surface area contributed by atoms with Crippen LogP contribution in [0, 0.1) is 11.3 Å². The number of rotatable bonds is 4. The lowest BCUT2D eigenvalue weighted by atomic mass is 9.76. The van der Waals surface area contributed by atoms with Gasteiger partial charge in [0.05, 0.1) is 13.2 Å². The van der Waals surface area contributed by atoms with Crippen LogP contribution < -0.4 is 5.32 Å². The predicted octanol–water partition coefficient (Wildman–Crippen LogP) is 0.858. The molecule has 1 aliphatic carbocycles. The minimum Gasteiger partial charge on any atom is -0.481 e. The number of hydrogen-bond donors (Lipinski definition) is 2. The van der Waals surface area contributed by atoms with Crippen molar-refractivity contribution in [1.29, 1.82) is 0 Å². The van der Waals surface area contributed by atoms with Gasteiger partial charge in [-0.25, -0.2) is 0 Å². The summed E-state index contributed by atoms with van der Waals surface area (Å²) in [6.07, 6.45) is 6.56. The van der Waals surface area contributed by atoms with Gasteiger partial charge in [-0.1, -0.05) is 19.3 Å². The molecule has 1 saturated carbocycles. The molecule has 3 fully saturated rings. The fraction of sp³-hybridized carbons (Fsp3) is 0.875. The van der Waals surface area contributed by atoms with E-state index in [9.17, 15) is 14.7 Å². The fourth-order valence-electron chi connectivity index (χ4n) is 4.24. The molecule has 0 aromatic rings. The number of carboxylic acids is 1. The van der Waals surface area contributed by atoms with Crippen molar-refractivity contribution >= 4 is 11.9 Å². The predicted molar refractivity (Wildman–Crippen MR) is 80.5 cm³/mol. The number of carboxylic acid groups (broad SMARTS) is 1. The van der Waals surface area contributed by atoms with Crippen LogP contribution in [0.25, 0.3) is 0 Å². The first-order valence-electron chi connectivity index (χ1n) is 8.43. The van der Waals surface area contributed by atoms with E-state index >= 15 is 0 Å². The van der Waals surface area contributed by atoms with Gasteiger partial charge >= 0.3 is 5.97 Å². The summed E-state index contributed by atoms with van der Waals surface area (Å²) in [6, 6.07) is 0.308. The van der Waals surface area contributed by atoms with Gasteiger partial charge in [-0.05, 0) is 25.2 Å². The normalized spacial score (nSPS) is 33.4. The van der Waals surface area contributed by atoms with E-state index in [1.165, 1.54) is 19.3 Å². The number of ether oxygens (including phenoxy) is 1. The second kappa shape index (κ2) is 6.54. The van der Waals surface area contributed by atoms with Crippen molar-refractivity contribution in [3.8, 4) is 0 Å². The number of nitrogens with one attached hydrogen (secondary N) is 1. The van der Waals surface area contributed by atoms with Crippen LogP contribution in [0.4, 0.5) is 0 Å². The van der Waals surface area contributed by atoms with Crippen molar-refractivity contribution in [2.45, 2.75) is 44.6 Å². The number of nitrogens with zero attached hydrogens (tertiary/aromatic N) is 1. The summed E-state index contributed by atoms with van der Waals surface area (Å²) in [6.45, 7) is 2.32. The molecule has 2 N–H and O–H groups in total. The molecule has 6 heteroatoms. The first-order chi connectivity index (χ1) is 10.6. The summed E-state index contributed by atoms with van der Waals surface area (Å²) in [7, 11) is 0. The summed E-state index contributed by atoms with van der Waals surface area (Å²) < 4.78 is 5.41. The molecule has 0 aromatic heterocycles. The molecular weight excluding hydrogens is 284 g/mol. The molecule has 0 aromatic carbocycles. The molecule has 2 saturated heterocycles. The van der Waals surface area contributed by atoms with Gasteiger partial charge in [0, 0.05) is 25.7 Å². The Hall–Kier alpha value is -1.14. The molecule has 0 spiro atoms. The summed E-state index contributed by atoms with van der Waals surface area (Å²) in [5.41, 5.74) is -0.816. The van der Waals surface area contributed by atoms with E-state index in [1.807, 2.05) is 4.90 Å². The zero-order chi connectivity index (χ0) is 15.6. The summed E-state index contributed by atoms with van der Waals surface area (Å²) in [5.74, 6) is -0.652. The van der Waals surface area contributed by atoms with Crippen molar-refractivity contribution in [3.05, 3.63) is 0 Å². The Kier molecular flexibility index (Phi) is 4.68. The van der Waals surface area contributed by atoms with Crippen LogP contribution in [-0.4, -0.2) is 60.8 Å². The molecule has 0 radical (unpaired) electrons. The third-order valence-electron chi connectivity index (χ3n) is 5.50. The van der Waals surface area contributed by atoms with E-state index in [1.54, 1.807) is 0 Å². The monoisotopic (exact) mass is 310 g/mol. The molecule has 22 heavy (non-hydrogen) atoms. The first kappa shape index (κ1) is 15.7. The summed E-state index contributed by atoms with van der Waals surface area (Å²) in [5, 5.41) is 12.7. The minimum atomic E-state index is -0.816. The Morgan fingerprint density at radius 1 is 1.23 bits per heavy atom. The maximum absolute atomic E-state index is 12.2. The quantitative estimate of drug-likeness (QED) is 0.805. The Labute approximate surface area is 131 Å². The molecular formula is C16H26N2O4. The van der Waals surface area contributed by atoms with Crippen LogP contribution in [0.3, 0.4) is 0 Å². The lowest BCUT2D eigenvalue weighted by Crippen LogP contribution is -2.47. The highest BCUT2D eigenvalue weighted by molar-refractivity contribution is 5.79. The van der Waals surface area contributed by atoms with Crippen LogP contribution in [0.1, 0.15) is 38.5 Å². The fourth-order valence-corrected chi connectivity index (χ4v) is 4.24. The molecule has 6 nitrogen and oxygen atoms in total. The first-order valence-corrected chi connectivity index (χ1v) is 8.43. The number of carbonyl (C=O) groups is 2. The maximum Gasteiger partial charge on any atom is 0.313 e. The standard InChI is InChI=1S/C16H26N2O4/c19-14(17-13-4-2-1-3-5-13)9-18-8-12-6-7-22-11-16(12,10-18)15(20)21/h12-13H,1-11H2,(H,17,19)(H,20,21)/t12-,16+/m0/s1. The van der Waals surface area contributed by atoms with E-state index in [0.717, 1.165) is 19.3 Å². The van der Waals surface area contributed by atoms with Gasteiger partial charge in [-0.2, -0.15) is 0 Å². The molecule has 0 bridgehead atoms. The highest BCUT2D eigenvalue weighted by Gasteiger charge is 2.54. The molecule has 2 aliphatic heterocycles. The Bertz CT molecular complexity index is 436. The van der Waals surface area contributed by atoms with Crippen LogP contribution >= 0.6 is 0 Å². The molecule has 2 heterocycles. The summed E-state index contributed by atoms with van der Waals surface area (Å²) >= 11 is 0. The van der Waals surface area contributed by atoms with Crippen molar-refractivity contribution in [3.63, 3.8) is 0 Å². The smallest absolute Gasteiger partial charge is 0.313 e. The molecule has 3 rings (SSSR count). The average molecular weight is 310 g/mol. The zero-order valence-electron chi connectivity index (χ0n) is 13.1. The summed E-state index contributed by atoms with van der Waals surface area (Å²) in [4.78, 5) is 25.9. The van der Waals surface area contributed by atoms with Gasteiger partial charge in [-0.15, -0.1) is 0 Å². The van der Waals surface area contributed by atoms with Gasteiger partial charge in [-0.3, -0.25) is 14.5 Å².